The first-order valence-electron chi connectivity index (χ1n) is 6.51. The van der Waals surface area contributed by atoms with Gasteiger partial charge in [0.05, 0.1) is 0 Å². The van der Waals surface area contributed by atoms with Gasteiger partial charge in [0.2, 0.25) is 0 Å². The van der Waals surface area contributed by atoms with Gasteiger partial charge < -0.3 is 10.6 Å². The summed E-state index contributed by atoms with van der Waals surface area (Å²) < 4.78 is 1.19. The van der Waals surface area contributed by atoms with E-state index in [0.717, 1.165) is 13.1 Å². The molecule has 0 spiro atoms. The SMILES string of the molecule is CC1(C)CC(NCC(C)(C)c2cc(Br)cs2)CN1. The standard InChI is InChI=1S/C14H23BrN2S/c1-13(2,12-5-10(15)8-18-12)9-16-11-6-14(3,4)17-7-11/h5,8,11,16-17H,6-7,9H2,1-4H3. The maximum absolute atomic E-state index is 3.71. The molecule has 0 amide bonds. The lowest BCUT2D eigenvalue weighted by molar-refractivity contribution is 0.410. The lowest BCUT2D eigenvalue weighted by atomic mass is 9.91. The van der Waals surface area contributed by atoms with Crippen molar-refractivity contribution in [2.75, 3.05) is 13.1 Å². The Morgan fingerprint density at radius 3 is 2.78 bits per heavy atom. The summed E-state index contributed by atoms with van der Waals surface area (Å²) in [4.78, 5) is 1.44. The lowest BCUT2D eigenvalue weighted by Crippen LogP contribution is -2.39. The molecule has 1 aromatic heterocycles. The highest BCUT2D eigenvalue weighted by Gasteiger charge is 2.31. The third kappa shape index (κ3) is 3.56. The van der Waals surface area contributed by atoms with Crippen molar-refractivity contribution in [3.8, 4) is 0 Å². The van der Waals surface area contributed by atoms with Crippen molar-refractivity contribution in [1.82, 2.24) is 10.6 Å². The zero-order chi connectivity index (χ0) is 13.4. The lowest BCUT2D eigenvalue weighted by Gasteiger charge is -2.26. The van der Waals surface area contributed by atoms with Crippen LogP contribution in [-0.2, 0) is 5.41 Å². The zero-order valence-electron chi connectivity index (χ0n) is 11.6. The molecule has 0 saturated carbocycles. The minimum Gasteiger partial charge on any atom is -0.312 e. The van der Waals surface area contributed by atoms with Gasteiger partial charge in [0.1, 0.15) is 0 Å². The highest BCUT2D eigenvalue weighted by atomic mass is 79.9. The molecule has 0 bridgehead atoms. The monoisotopic (exact) mass is 330 g/mol. The summed E-state index contributed by atoms with van der Waals surface area (Å²) in [6.45, 7) is 11.3. The molecular formula is C14H23BrN2S. The molecule has 0 radical (unpaired) electrons. The van der Waals surface area contributed by atoms with Crippen molar-refractivity contribution in [1.29, 1.82) is 0 Å². The average molecular weight is 331 g/mol. The molecule has 1 fully saturated rings. The molecule has 2 nitrogen and oxygen atoms in total. The summed E-state index contributed by atoms with van der Waals surface area (Å²) in [5.74, 6) is 0. The molecule has 1 atom stereocenters. The van der Waals surface area contributed by atoms with Gasteiger partial charge in [-0.05, 0) is 42.3 Å². The van der Waals surface area contributed by atoms with Crippen molar-refractivity contribution in [3.63, 3.8) is 0 Å². The number of nitrogens with one attached hydrogen (secondary N) is 2. The molecule has 1 aliphatic heterocycles. The van der Waals surface area contributed by atoms with Crippen molar-refractivity contribution < 1.29 is 0 Å². The molecule has 0 aromatic carbocycles. The second kappa shape index (κ2) is 5.23. The van der Waals surface area contributed by atoms with Crippen molar-refractivity contribution in [2.45, 2.75) is 51.1 Å². The number of halogens is 1. The van der Waals surface area contributed by atoms with Gasteiger partial charge in [-0.2, -0.15) is 0 Å². The number of hydrogen-bond acceptors (Lipinski definition) is 3. The predicted molar refractivity (Wildman–Crippen MR) is 83.5 cm³/mol. The molecule has 0 aliphatic carbocycles. The molecule has 4 heteroatoms. The molecule has 18 heavy (non-hydrogen) atoms. The van der Waals surface area contributed by atoms with Crippen LogP contribution in [0, 0.1) is 0 Å². The van der Waals surface area contributed by atoms with Crippen LogP contribution >= 0.6 is 27.3 Å². The Kier molecular flexibility index (Phi) is 4.22. The summed E-state index contributed by atoms with van der Waals surface area (Å²) in [6, 6.07) is 2.84. The van der Waals surface area contributed by atoms with Crippen LogP contribution in [0.5, 0.6) is 0 Å². The van der Waals surface area contributed by atoms with Gasteiger partial charge in [-0.1, -0.05) is 13.8 Å². The van der Waals surface area contributed by atoms with E-state index >= 15 is 0 Å². The maximum atomic E-state index is 3.71. The molecule has 1 aliphatic rings. The van der Waals surface area contributed by atoms with Gasteiger partial charge in [-0.3, -0.25) is 0 Å². The molecule has 2 rings (SSSR count). The summed E-state index contributed by atoms with van der Waals surface area (Å²) in [5.41, 5.74) is 0.483. The van der Waals surface area contributed by atoms with Crippen molar-refractivity contribution in [2.24, 2.45) is 0 Å². The van der Waals surface area contributed by atoms with Crippen LogP contribution in [0.2, 0.25) is 0 Å². The molecule has 1 unspecified atom stereocenters. The fraction of sp³-hybridized carbons (Fsp3) is 0.714. The van der Waals surface area contributed by atoms with Gasteiger partial charge in [0.15, 0.2) is 0 Å². The van der Waals surface area contributed by atoms with E-state index in [-0.39, 0.29) is 11.0 Å². The molecular weight excluding hydrogens is 308 g/mol. The second-order valence-corrected chi connectivity index (χ2v) is 8.39. The Balaban J connectivity index is 1.90. The van der Waals surface area contributed by atoms with Crippen LogP contribution in [0.1, 0.15) is 39.0 Å². The fourth-order valence-electron chi connectivity index (χ4n) is 2.46. The summed E-state index contributed by atoms with van der Waals surface area (Å²) in [7, 11) is 0. The van der Waals surface area contributed by atoms with Crippen LogP contribution in [0.4, 0.5) is 0 Å². The molecule has 2 N–H and O–H groups in total. The van der Waals surface area contributed by atoms with E-state index in [1.165, 1.54) is 15.8 Å². The van der Waals surface area contributed by atoms with Gasteiger partial charge in [0, 0.05) is 44.8 Å². The van der Waals surface area contributed by atoms with E-state index in [2.05, 4.69) is 65.7 Å². The van der Waals surface area contributed by atoms with Crippen LogP contribution in [0.3, 0.4) is 0 Å². The van der Waals surface area contributed by atoms with E-state index < -0.39 is 0 Å². The maximum Gasteiger partial charge on any atom is 0.0285 e. The van der Waals surface area contributed by atoms with E-state index in [1.54, 1.807) is 0 Å². The Labute approximate surface area is 123 Å². The largest absolute Gasteiger partial charge is 0.312 e. The first-order valence-corrected chi connectivity index (χ1v) is 8.19. The van der Waals surface area contributed by atoms with Crippen LogP contribution in [0.15, 0.2) is 15.9 Å². The van der Waals surface area contributed by atoms with E-state index in [0.29, 0.717) is 6.04 Å². The average Bonchev–Trinajstić information content (AvgIpc) is 2.82. The molecule has 2 heterocycles. The van der Waals surface area contributed by atoms with Gasteiger partial charge >= 0.3 is 0 Å². The van der Waals surface area contributed by atoms with Crippen molar-refractivity contribution >= 4 is 27.3 Å². The van der Waals surface area contributed by atoms with Gasteiger partial charge in [-0.25, -0.2) is 0 Å². The summed E-state index contributed by atoms with van der Waals surface area (Å²) in [6.07, 6.45) is 1.21. The minimum atomic E-state index is 0.198. The second-order valence-electron chi connectivity index (χ2n) is 6.56. The van der Waals surface area contributed by atoms with E-state index in [4.69, 9.17) is 0 Å². The fourth-order valence-corrected chi connectivity index (χ4v) is 4.01. The summed E-state index contributed by atoms with van der Waals surface area (Å²) in [5, 5.41) is 9.44. The Hall–Kier alpha value is 0.1000. The normalized spacial score (nSPS) is 23.5. The Bertz CT molecular complexity index is 412. The quantitative estimate of drug-likeness (QED) is 0.882. The Morgan fingerprint density at radius 1 is 1.56 bits per heavy atom. The van der Waals surface area contributed by atoms with Crippen LogP contribution in [0.25, 0.3) is 0 Å². The highest BCUT2D eigenvalue weighted by Crippen LogP contribution is 2.31. The third-order valence-electron chi connectivity index (χ3n) is 3.65. The predicted octanol–water partition coefficient (Wildman–Crippen LogP) is 3.52. The van der Waals surface area contributed by atoms with Crippen LogP contribution in [-0.4, -0.2) is 24.7 Å². The third-order valence-corrected chi connectivity index (χ3v) is 5.71. The Morgan fingerprint density at radius 2 is 2.28 bits per heavy atom. The van der Waals surface area contributed by atoms with Gasteiger partial charge in [0.25, 0.3) is 0 Å². The van der Waals surface area contributed by atoms with E-state index in [9.17, 15) is 0 Å². The smallest absolute Gasteiger partial charge is 0.0285 e. The number of hydrogen-bond donors (Lipinski definition) is 2. The molecule has 1 aromatic rings. The minimum absolute atomic E-state index is 0.198. The highest BCUT2D eigenvalue weighted by molar-refractivity contribution is 9.10. The molecule has 1 saturated heterocycles. The first kappa shape index (κ1) is 14.5. The van der Waals surface area contributed by atoms with E-state index in [1.807, 2.05) is 11.3 Å². The number of rotatable bonds is 4. The first-order chi connectivity index (χ1) is 8.28. The van der Waals surface area contributed by atoms with Gasteiger partial charge in [-0.15, -0.1) is 11.3 Å². The van der Waals surface area contributed by atoms with Crippen LogP contribution < -0.4 is 10.6 Å². The topological polar surface area (TPSA) is 24.1 Å². The number of thiophene rings is 1. The van der Waals surface area contributed by atoms with Crippen molar-refractivity contribution in [3.05, 3.63) is 20.8 Å². The zero-order valence-corrected chi connectivity index (χ0v) is 14.0. The molecule has 102 valence electrons. The summed E-state index contributed by atoms with van der Waals surface area (Å²) >= 11 is 5.37.